The van der Waals surface area contributed by atoms with E-state index in [0.29, 0.717) is 12.7 Å². The molecule has 14 heavy (non-hydrogen) atoms. The topological polar surface area (TPSA) is 32.7 Å². The van der Waals surface area contributed by atoms with Crippen molar-refractivity contribution >= 4 is 0 Å². The lowest BCUT2D eigenvalue weighted by atomic mass is 10.2. The van der Waals surface area contributed by atoms with Crippen molar-refractivity contribution in [1.82, 2.24) is 4.90 Å². The van der Waals surface area contributed by atoms with Crippen molar-refractivity contribution in [1.29, 1.82) is 0 Å². The summed E-state index contributed by atoms with van der Waals surface area (Å²) in [6.45, 7) is 6.70. The van der Waals surface area contributed by atoms with Crippen LogP contribution in [-0.2, 0) is 4.74 Å². The molecule has 1 atom stereocenters. The molecule has 3 nitrogen and oxygen atoms in total. The van der Waals surface area contributed by atoms with Crippen molar-refractivity contribution in [2.45, 2.75) is 38.7 Å². The Kier molecular flexibility index (Phi) is 6.15. The predicted octanol–water partition coefficient (Wildman–Crippen LogP) is 1.26. The fourth-order valence-electron chi connectivity index (χ4n) is 1.90. The Balaban J connectivity index is 2.10. The third-order valence-corrected chi connectivity index (χ3v) is 2.82. The van der Waals surface area contributed by atoms with Crippen LogP contribution >= 0.6 is 0 Å². The molecule has 0 spiro atoms. The van der Waals surface area contributed by atoms with Gasteiger partial charge in [-0.2, -0.15) is 0 Å². The van der Waals surface area contributed by atoms with Gasteiger partial charge < -0.3 is 14.7 Å². The SMILES string of the molecule is CCN(CCCCO)CC1CCCO1. The van der Waals surface area contributed by atoms with E-state index in [1.807, 2.05) is 0 Å². The maximum absolute atomic E-state index is 8.69. The Morgan fingerprint density at radius 3 is 2.86 bits per heavy atom. The van der Waals surface area contributed by atoms with E-state index in [9.17, 15) is 0 Å². The number of aliphatic hydroxyl groups excluding tert-OH is 1. The molecule has 1 fully saturated rings. The third-order valence-electron chi connectivity index (χ3n) is 2.82. The van der Waals surface area contributed by atoms with E-state index >= 15 is 0 Å². The van der Waals surface area contributed by atoms with Crippen LogP contribution < -0.4 is 0 Å². The number of unbranched alkanes of at least 4 members (excludes halogenated alkanes) is 1. The Bertz CT molecular complexity index is 135. The molecule has 0 radical (unpaired) electrons. The van der Waals surface area contributed by atoms with Crippen LogP contribution in [-0.4, -0.2) is 49.0 Å². The van der Waals surface area contributed by atoms with E-state index in [2.05, 4.69) is 11.8 Å². The maximum atomic E-state index is 8.69. The lowest BCUT2D eigenvalue weighted by molar-refractivity contribution is 0.0738. The molecule has 0 aromatic heterocycles. The smallest absolute Gasteiger partial charge is 0.0702 e. The largest absolute Gasteiger partial charge is 0.396 e. The molecule has 0 bridgehead atoms. The van der Waals surface area contributed by atoms with Gasteiger partial charge in [-0.1, -0.05) is 6.92 Å². The van der Waals surface area contributed by atoms with Gasteiger partial charge in [0.2, 0.25) is 0 Å². The molecule has 1 heterocycles. The fraction of sp³-hybridized carbons (Fsp3) is 1.00. The molecule has 1 N–H and O–H groups in total. The summed E-state index contributed by atoms with van der Waals surface area (Å²) in [4.78, 5) is 2.42. The van der Waals surface area contributed by atoms with Gasteiger partial charge in [-0.25, -0.2) is 0 Å². The quantitative estimate of drug-likeness (QED) is 0.629. The second kappa shape index (κ2) is 7.21. The number of ether oxygens (including phenoxy) is 1. The van der Waals surface area contributed by atoms with Gasteiger partial charge in [0.05, 0.1) is 6.10 Å². The first-order chi connectivity index (χ1) is 6.86. The first kappa shape index (κ1) is 12.0. The molecule has 0 aromatic carbocycles. The van der Waals surface area contributed by atoms with Crippen LogP contribution in [0.2, 0.25) is 0 Å². The van der Waals surface area contributed by atoms with Crippen molar-refractivity contribution in [2.75, 3.05) is 32.8 Å². The van der Waals surface area contributed by atoms with E-state index in [1.54, 1.807) is 0 Å². The molecular formula is C11H23NO2. The number of hydrogen-bond acceptors (Lipinski definition) is 3. The minimum Gasteiger partial charge on any atom is -0.396 e. The number of likely N-dealkylation sites (N-methyl/N-ethyl adjacent to an activating group) is 1. The average molecular weight is 201 g/mol. The lowest BCUT2D eigenvalue weighted by Gasteiger charge is -2.23. The van der Waals surface area contributed by atoms with Gasteiger partial charge in [0, 0.05) is 19.8 Å². The molecule has 3 heteroatoms. The molecule has 1 aliphatic rings. The molecular weight excluding hydrogens is 178 g/mol. The van der Waals surface area contributed by atoms with Crippen LogP contribution in [0.4, 0.5) is 0 Å². The van der Waals surface area contributed by atoms with Crippen LogP contribution in [0.15, 0.2) is 0 Å². The van der Waals surface area contributed by atoms with Gasteiger partial charge in [0.1, 0.15) is 0 Å². The normalized spacial score (nSPS) is 22.1. The van der Waals surface area contributed by atoms with Crippen LogP contribution in [0, 0.1) is 0 Å². The zero-order valence-corrected chi connectivity index (χ0v) is 9.24. The fourth-order valence-corrected chi connectivity index (χ4v) is 1.90. The van der Waals surface area contributed by atoms with Crippen LogP contribution in [0.1, 0.15) is 32.6 Å². The highest BCUT2D eigenvalue weighted by Gasteiger charge is 2.17. The molecule has 1 unspecified atom stereocenters. The second-order valence-electron chi connectivity index (χ2n) is 3.96. The van der Waals surface area contributed by atoms with Crippen molar-refractivity contribution in [3.63, 3.8) is 0 Å². The monoisotopic (exact) mass is 201 g/mol. The zero-order valence-electron chi connectivity index (χ0n) is 9.24. The van der Waals surface area contributed by atoms with Gasteiger partial charge >= 0.3 is 0 Å². The summed E-state index contributed by atoms with van der Waals surface area (Å²) >= 11 is 0. The summed E-state index contributed by atoms with van der Waals surface area (Å²) in [6.07, 6.45) is 4.91. The molecule has 1 aliphatic heterocycles. The average Bonchev–Trinajstić information content (AvgIpc) is 2.69. The summed E-state index contributed by atoms with van der Waals surface area (Å²) in [5, 5.41) is 8.69. The Morgan fingerprint density at radius 2 is 2.29 bits per heavy atom. The highest BCUT2D eigenvalue weighted by molar-refractivity contribution is 4.69. The summed E-state index contributed by atoms with van der Waals surface area (Å²) in [7, 11) is 0. The van der Waals surface area contributed by atoms with Crippen molar-refractivity contribution < 1.29 is 9.84 Å². The second-order valence-corrected chi connectivity index (χ2v) is 3.96. The van der Waals surface area contributed by atoms with Crippen molar-refractivity contribution in [2.24, 2.45) is 0 Å². The first-order valence-corrected chi connectivity index (χ1v) is 5.81. The Labute approximate surface area is 87.1 Å². The number of hydrogen-bond donors (Lipinski definition) is 1. The highest BCUT2D eigenvalue weighted by Crippen LogP contribution is 2.13. The number of nitrogens with zero attached hydrogens (tertiary/aromatic N) is 1. The zero-order chi connectivity index (χ0) is 10.2. The van der Waals surface area contributed by atoms with Crippen LogP contribution in [0.25, 0.3) is 0 Å². The summed E-state index contributed by atoms with van der Waals surface area (Å²) in [5.41, 5.74) is 0. The molecule has 0 aromatic rings. The van der Waals surface area contributed by atoms with Gasteiger partial charge in [0.15, 0.2) is 0 Å². The Morgan fingerprint density at radius 1 is 1.43 bits per heavy atom. The first-order valence-electron chi connectivity index (χ1n) is 5.81. The van der Waals surface area contributed by atoms with E-state index in [1.165, 1.54) is 12.8 Å². The maximum Gasteiger partial charge on any atom is 0.0702 e. The standard InChI is InChI=1S/C11H23NO2/c1-2-12(7-3-4-8-13)10-11-6-5-9-14-11/h11,13H,2-10H2,1H3. The minimum absolute atomic E-state index is 0.317. The summed E-state index contributed by atoms with van der Waals surface area (Å²) in [6, 6.07) is 0. The minimum atomic E-state index is 0.317. The molecule has 0 aliphatic carbocycles. The number of rotatable bonds is 7. The Hall–Kier alpha value is -0.120. The number of aliphatic hydroxyl groups is 1. The van der Waals surface area contributed by atoms with E-state index in [-0.39, 0.29) is 0 Å². The van der Waals surface area contributed by atoms with Crippen LogP contribution in [0.3, 0.4) is 0 Å². The molecule has 1 rings (SSSR count). The van der Waals surface area contributed by atoms with Crippen LogP contribution in [0.5, 0.6) is 0 Å². The van der Waals surface area contributed by atoms with Crippen molar-refractivity contribution in [3.8, 4) is 0 Å². The van der Waals surface area contributed by atoms with E-state index < -0.39 is 0 Å². The third kappa shape index (κ3) is 4.40. The molecule has 0 amide bonds. The van der Waals surface area contributed by atoms with Gasteiger partial charge in [-0.05, 0) is 38.8 Å². The highest BCUT2D eigenvalue weighted by atomic mass is 16.5. The molecule has 0 saturated carbocycles. The summed E-state index contributed by atoms with van der Waals surface area (Å²) < 4.78 is 5.60. The van der Waals surface area contributed by atoms with E-state index in [0.717, 1.165) is 39.1 Å². The van der Waals surface area contributed by atoms with Gasteiger partial charge in [-0.15, -0.1) is 0 Å². The predicted molar refractivity (Wildman–Crippen MR) is 57.4 cm³/mol. The summed E-state index contributed by atoms with van der Waals surface area (Å²) in [5.74, 6) is 0. The van der Waals surface area contributed by atoms with E-state index in [4.69, 9.17) is 9.84 Å². The molecule has 84 valence electrons. The lowest BCUT2D eigenvalue weighted by Crippen LogP contribution is -2.32. The van der Waals surface area contributed by atoms with Gasteiger partial charge in [0.25, 0.3) is 0 Å². The molecule has 1 saturated heterocycles. The van der Waals surface area contributed by atoms with Crippen molar-refractivity contribution in [3.05, 3.63) is 0 Å². The van der Waals surface area contributed by atoms with Gasteiger partial charge in [-0.3, -0.25) is 0 Å².